The highest BCUT2D eigenvalue weighted by Crippen LogP contribution is 2.47. The van der Waals surface area contributed by atoms with Crippen LogP contribution < -0.4 is 10.2 Å². The van der Waals surface area contributed by atoms with Gasteiger partial charge in [0.15, 0.2) is 0 Å². The summed E-state index contributed by atoms with van der Waals surface area (Å²) in [7, 11) is 0. The molecule has 3 aromatic carbocycles. The SMILES string of the molecule is Cc1ccc(C)c(NC(=O)N2CCC3(CC2)CN(Cc2ccc(C(F)(F)F)cc2)c2ccccc23)c1. The number of nitrogens with zero attached hydrogens (tertiary/aromatic N) is 2. The molecule has 7 heteroatoms. The maximum Gasteiger partial charge on any atom is 0.416 e. The first-order valence-corrected chi connectivity index (χ1v) is 12.3. The molecule has 2 amide bonds. The van der Waals surface area contributed by atoms with Crippen LogP contribution in [0.1, 0.15) is 40.7 Å². The van der Waals surface area contributed by atoms with Crippen LogP contribution in [0.3, 0.4) is 0 Å². The number of aryl methyl sites for hydroxylation is 2. The highest BCUT2D eigenvalue weighted by molar-refractivity contribution is 5.90. The van der Waals surface area contributed by atoms with E-state index in [0.29, 0.717) is 19.6 Å². The number of halogens is 3. The molecule has 0 unspecified atom stereocenters. The molecule has 1 fully saturated rings. The Morgan fingerprint density at radius 1 is 0.972 bits per heavy atom. The van der Waals surface area contributed by atoms with E-state index in [1.54, 1.807) is 12.1 Å². The fourth-order valence-corrected chi connectivity index (χ4v) is 5.52. The molecule has 0 radical (unpaired) electrons. The summed E-state index contributed by atoms with van der Waals surface area (Å²) in [4.78, 5) is 17.2. The fraction of sp³-hybridized carbons (Fsp3) is 0.345. The van der Waals surface area contributed by atoms with Gasteiger partial charge in [-0.05, 0) is 73.2 Å². The molecule has 0 aromatic heterocycles. The number of fused-ring (bicyclic) bond motifs is 2. The van der Waals surface area contributed by atoms with E-state index < -0.39 is 11.7 Å². The molecule has 0 aliphatic carbocycles. The Hall–Kier alpha value is -3.48. The molecule has 0 saturated carbocycles. The third-order valence-corrected chi connectivity index (χ3v) is 7.61. The van der Waals surface area contributed by atoms with Gasteiger partial charge in [-0.1, -0.05) is 42.5 Å². The Labute approximate surface area is 209 Å². The number of amides is 2. The van der Waals surface area contributed by atoms with Gasteiger partial charge in [0, 0.05) is 43.0 Å². The van der Waals surface area contributed by atoms with Gasteiger partial charge in [-0.3, -0.25) is 0 Å². The largest absolute Gasteiger partial charge is 0.416 e. The Morgan fingerprint density at radius 2 is 1.67 bits per heavy atom. The fourth-order valence-electron chi connectivity index (χ4n) is 5.52. The lowest BCUT2D eigenvalue weighted by Gasteiger charge is -2.40. The van der Waals surface area contributed by atoms with Gasteiger partial charge >= 0.3 is 12.2 Å². The summed E-state index contributed by atoms with van der Waals surface area (Å²) in [6.45, 7) is 6.64. The van der Waals surface area contributed by atoms with Gasteiger partial charge in [-0.25, -0.2) is 4.79 Å². The molecule has 1 spiro atoms. The molecule has 1 N–H and O–H groups in total. The summed E-state index contributed by atoms with van der Waals surface area (Å²) in [6, 6.07) is 19.7. The van der Waals surface area contributed by atoms with Gasteiger partial charge in [0.25, 0.3) is 0 Å². The van der Waals surface area contributed by atoms with E-state index in [2.05, 4.69) is 22.3 Å². The van der Waals surface area contributed by atoms with Crippen molar-refractivity contribution in [2.45, 2.75) is 44.8 Å². The smallest absolute Gasteiger partial charge is 0.366 e. The minimum Gasteiger partial charge on any atom is -0.366 e. The third kappa shape index (κ3) is 4.66. The van der Waals surface area contributed by atoms with Crippen molar-refractivity contribution in [2.75, 3.05) is 29.9 Å². The van der Waals surface area contributed by atoms with Crippen molar-refractivity contribution in [3.8, 4) is 0 Å². The number of likely N-dealkylation sites (tertiary alicyclic amines) is 1. The molecule has 1 saturated heterocycles. The summed E-state index contributed by atoms with van der Waals surface area (Å²) < 4.78 is 38.9. The predicted octanol–water partition coefficient (Wildman–Crippen LogP) is 6.91. The Morgan fingerprint density at radius 3 is 2.36 bits per heavy atom. The molecule has 0 bridgehead atoms. The average molecular weight is 494 g/mol. The number of nitrogens with one attached hydrogen (secondary N) is 1. The van der Waals surface area contributed by atoms with Gasteiger partial charge < -0.3 is 15.1 Å². The van der Waals surface area contributed by atoms with Gasteiger partial charge in [0.05, 0.1) is 5.56 Å². The molecule has 2 aliphatic rings. The van der Waals surface area contributed by atoms with Crippen LogP contribution in [0.4, 0.5) is 29.3 Å². The highest BCUT2D eigenvalue weighted by atomic mass is 19.4. The van der Waals surface area contributed by atoms with E-state index in [-0.39, 0.29) is 11.4 Å². The maximum atomic E-state index is 13.0. The quantitative estimate of drug-likeness (QED) is 0.430. The lowest BCUT2D eigenvalue weighted by atomic mass is 9.74. The Kier molecular flexibility index (Phi) is 6.18. The van der Waals surface area contributed by atoms with Crippen molar-refractivity contribution >= 4 is 17.4 Å². The summed E-state index contributed by atoms with van der Waals surface area (Å²) >= 11 is 0. The topological polar surface area (TPSA) is 35.6 Å². The summed E-state index contributed by atoms with van der Waals surface area (Å²) in [5, 5.41) is 3.07. The monoisotopic (exact) mass is 493 g/mol. The normalized spacial score (nSPS) is 16.8. The molecule has 188 valence electrons. The molecule has 36 heavy (non-hydrogen) atoms. The second kappa shape index (κ2) is 9.19. The van der Waals surface area contributed by atoms with Crippen LogP contribution in [0.5, 0.6) is 0 Å². The van der Waals surface area contributed by atoms with E-state index in [1.165, 1.54) is 5.56 Å². The van der Waals surface area contributed by atoms with E-state index in [9.17, 15) is 18.0 Å². The molecule has 0 atom stereocenters. The number of alkyl halides is 3. The zero-order chi connectivity index (χ0) is 25.5. The lowest BCUT2D eigenvalue weighted by molar-refractivity contribution is -0.137. The molecular weight excluding hydrogens is 463 g/mol. The summed E-state index contributed by atoms with van der Waals surface area (Å²) in [5.74, 6) is 0. The average Bonchev–Trinajstić information content (AvgIpc) is 3.14. The first kappa shape index (κ1) is 24.2. The van der Waals surface area contributed by atoms with Gasteiger partial charge in [0.2, 0.25) is 0 Å². The molecule has 4 nitrogen and oxygen atoms in total. The minimum atomic E-state index is -4.33. The number of anilines is 2. The van der Waals surface area contributed by atoms with Crippen LogP contribution >= 0.6 is 0 Å². The molecule has 5 rings (SSSR count). The van der Waals surface area contributed by atoms with E-state index in [4.69, 9.17) is 0 Å². The van der Waals surface area contributed by atoms with Crippen LogP contribution in [0.25, 0.3) is 0 Å². The third-order valence-electron chi connectivity index (χ3n) is 7.61. The predicted molar refractivity (Wildman–Crippen MR) is 136 cm³/mol. The number of urea groups is 1. The molecule has 2 heterocycles. The highest BCUT2D eigenvalue weighted by Gasteiger charge is 2.45. The first-order chi connectivity index (χ1) is 17.1. The maximum absolute atomic E-state index is 13.0. The molecule has 2 aliphatic heterocycles. The number of piperidine rings is 1. The number of benzene rings is 3. The second-order valence-corrected chi connectivity index (χ2v) is 10.1. The van der Waals surface area contributed by atoms with E-state index >= 15 is 0 Å². The zero-order valence-corrected chi connectivity index (χ0v) is 20.5. The summed E-state index contributed by atoms with van der Waals surface area (Å²) in [5.41, 5.74) is 5.52. The van der Waals surface area contributed by atoms with Crippen molar-refractivity contribution in [1.29, 1.82) is 0 Å². The van der Waals surface area contributed by atoms with Crippen LogP contribution in [-0.4, -0.2) is 30.6 Å². The molecule has 3 aromatic rings. The number of hydrogen-bond donors (Lipinski definition) is 1. The van der Waals surface area contributed by atoms with Gasteiger partial charge in [0.1, 0.15) is 0 Å². The molecular formula is C29H30F3N3O. The van der Waals surface area contributed by atoms with Crippen molar-refractivity contribution < 1.29 is 18.0 Å². The first-order valence-electron chi connectivity index (χ1n) is 12.3. The van der Waals surface area contributed by atoms with Crippen LogP contribution in [0, 0.1) is 13.8 Å². The van der Waals surface area contributed by atoms with Crippen molar-refractivity contribution in [3.05, 3.63) is 94.5 Å². The number of para-hydroxylation sites is 1. The summed E-state index contributed by atoms with van der Waals surface area (Å²) in [6.07, 6.45) is -2.65. The van der Waals surface area contributed by atoms with Crippen molar-refractivity contribution in [2.24, 2.45) is 0 Å². The Balaban J connectivity index is 1.29. The van der Waals surface area contributed by atoms with Crippen LogP contribution in [-0.2, 0) is 18.1 Å². The van der Waals surface area contributed by atoms with Gasteiger partial charge in [-0.2, -0.15) is 13.2 Å². The second-order valence-electron chi connectivity index (χ2n) is 10.1. The van der Waals surface area contributed by atoms with Crippen molar-refractivity contribution in [1.82, 2.24) is 4.90 Å². The number of hydrogen-bond acceptors (Lipinski definition) is 2. The van der Waals surface area contributed by atoms with E-state index in [0.717, 1.165) is 59.6 Å². The standard InChI is InChI=1S/C29H30F3N3O/c1-20-7-8-21(2)25(17-20)33-27(36)34-15-13-28(14-16-34)19-35(26-6-4-3-5-24(26)28)18-22-9-11-23(12-10-22)29(30,31)32/h3-12,17H,13-16,18-19H2,1-2H3,(H,33,36). The number of carbonyl (C=O) groups is 1. The van der Waals surface area contributed by atoms with Crippen LogP contribution in [0.15, 0.2) is 66.7 Å². The number of carbonyl (C=O) groups excluding carboxylic acids is 1. The van der Waals surface area contributed by atoms with E-state index in [1.807, 2.05) is 49.1 Å². The van der Waals surface area contributed by atoms with Crippen molar-refractivity contribution in [3.63, 3.8) is 0 Å². The Bertz CT molecular complexity index is 1260. The lowest BCUT2D eigenvalue weighted by Crippen LogP contribution is -2.48. The van der Waals surface area contributed by atoms with Gasteiger partial charge in [-0.15, -0.1) is 0 Å². The minimum absolute atomic E-state index is 0.0709. The number of rotatable bonds is 3. The van der Waals surface area contributed by atoms with Crippen LogP contribution in [0.2, 0.25) is 0 Å². The zero-order valence-electron chi connectivity index (χ0n) is 20.5.